The first-order chi connectivity index (χ1) is 14.1. The molecule has 0 bridgehead atoms. The Kier molecular flexibility index (Phi) is 5.27. The second kappa shape index (κ2) is 8.01. The quantitative estimate of drug-likeness (QED) is 0.690. The highest BCUT2D eigenvalue weighted by molar-refractivity contribution is 6.13. The summed E-state index contributed by atoms with van der Waals surface area (Å²) in [4.78, 5) is 32.1. The fourth-order valence-corrected chi connectivity index (χ4v) is 3.78. The smallest absolute Gasteiger partial charge is 0.337 e. The van der Waals surface area contributed by atoms with Crippen LogP contribution in [0.25, 0.3) is 10.9 Å². The van der Waals surface area contributed by atoms with Gasteiger partial charge in [0.05, 0.1) is 23.8 Å². The van der Waals surface area contributed by atoms with Gasteiger partial charge in [-0.15, -0.1) is 0 Å². The lowest BCUT2D eigenvalue weighted by Gasteiger charge is -2.29. The zero-order chi connectivity index (χ0) is 20.4. The van der Waals surface area contributed by atoms with Crippen LogP contribution in [0.3, 0.4) is 0 Å². The number of nitrogens with one attached hydrogen (secondary N) is 1. The van der Waals surface area contributed by atoms with Crippen molar-refractivity contribution in [2.45, 2.75) is 19.9 Å². The minimum Gasteiger partial charge on any atom is -0.465 e. The predicted molar refractivity (Wildman–Crippen MR) is 112 cm³/mol. The molecule has 0 saturated heterocycles. The fraction of sp³-hybridized carbons (Fsp3) is 0.261. The Morgan fingerprint density at radius 3 is 2.62 bits per heavy atom. The number of aromatic nitrogens is 1. The van der Waals surface area contributed by atoms with Crippen LogP contribution in [0.15, 0.2) is 48.5 Å². The van der Waals surface area contributed by atoms with Crippen molar-refractivity contribution in [2.75, 3.05) is 25.5 Å². The van der Waals surface area contributed by atoms with Gasteiger partial charge in [0.2, 0.25) is 0 Å². The Labute approximate surface area is 169 Å². The monoisotopic (exact) mass is 389 g/mol. The van der Waals surface area contributed by atoms with Gasteiger partial charge in [-0.05, 0) is 36.9 Å². The number of esters is 1. The van der Waals surface area contributed by atoms with Crippen molar-refractivity contribution in [2.24, 2.45) is 0 Å². The molecule has 3 aromatic rings. The predicted octanol–water partition coefficient (Wildman–Crippen LogP) is 3.65. The third-order valence-electron chi connectivity index (χ3n) is 5.36. The van der Waals surface area contributed by atoms with Crippen LogP contribution in [0.5, 0.6) is 0 Å². The van der Waals surface area contributed by atoms with Gasteiger partial charge in [0.15, 0.2) is 0 Å². The Hall–Kier alpha value is -3.25. The van der Waals surface area contributed by atoms with Gasteiger partial charge in [0, 0.05) is 41.8 Å². The van der Waals surface area contributed by atoms with Crippen LogP contribution in [-0.2, 0) is 17.7 Å². The Balaban J connectivity index is 1.72. The molecule has 0 aliphatic carbocycles. The summed E-state index contributed by atoms with van der Waals surface area (Å²) < 4.78 is 4.72. The first-order valence-electron chi connectivity index (χ1n) is 9.73. The molecule has 0 unspecified atom stereocenters. The number of anilines is 1. The van der Waals surface area contributed by atoms with Gasteiger partial charge in [0.25, 0.3) is 5.91 Å². The number of carbonyl (C=O) groups excluding carboxylic acids is 2. The number of amides is 1. The molecule has 2 aromatic carbocycles. The highest BCUT2D eigenvalue weighted by Gasteiger charge is 2.25. The minimum atomic E-state index is -0.406. The van der Waals surface area contributed by atoms with Gasteiger partial charge in [-0.3, -0.25) is 14.7 Å². The van der Waals surface area contributed by atoms with Crippen LogP contribution in [0.1, 0.15) is 38.9 Å². The molecule has 1 N–H and O–H groups in total. The molecule has 6 heteroatoms. The molecular formula is C23H23N3O3. The summed E-state index contributed by atoms with van der Waals surface area (Å²) in [7, 11) is 1.34. The summed E-state index contributed by atoms with van der Waals surface area (Å²) in [5, 5.41) is 3.83. The summed E-state index contributed by atoms with van der Waals surface area (Å²) in [6.45, 7) is 4.73. The maximum absolute atomic E-state index is 13.3. The van der Waals surface area contributed by atoms with Gasteiger partial charge in [-0.25, -0.2) is 4.79 Å². The van der Waals surface area contributed by atoms with Gasteiger partial charge < -0.3 is 10.1 Å². The molecule has 1 amide bonds. The molecule has 0 saturated carbocycles. The number of fused-ring (bicyclic) bond motifs is 2. The summed E-state index contributed by atoms with van der Waals surface area (Å²) in [5.41, 5.74) is 4.58. The zero-order valence-corrected chi connectivity index (χ0v) is 16.6. The number of rotatable bonds is 4. The van der Waals surface area contributed by atoms with Crippen LogP contribution in [0, 0.1) is 0 Å². The number of carbonyl (C=O) groups is 2. The van der Waals surface area contributed by atoms with Gasteiger partial charge >= 0.3 is 5.97 Å². The number of ether oxygens (including phenoxy) is 1. The van der Waals surface area contributed by atoms with Crippen LogP contribution < -0.4 is 5.32 Å². The van der Waals surface area contributed by atoms with E-state index >= 15 is 0 Å². The Bertz CT molecular complexity index is 1080. The van der Waals surface area contributed by atoms with Crippen molar-refractivity contribution in [1.82, 2.24) is 9.88 Å². The summed E-state index contributed by atoms with van der Waals surface area (Å²) in [5.74, 6) is -0.569. The molecule has 4 rings (SSSR count). The van der Waals surface area contributed by atoms with E-state index in [0.29, 0.717) is 23.4 Å². The number of methoxy groups -OCH3 is 1. The first-order valence-corrected chi connectivity index (χ1v) is 9.73. The average molecular weight is 389 g/mol. The highest BCUT2D eigenvalue weighted by Crippen LogP contribution is 2.29. The lowest BCUT2D eigenvalue weighted by molar-refractivity contribution is 0.0600. The van der Waals surface area contributed by atoms with E-state index in [4.69, 9.17) is 9.72 Å². The molecule has 0 fully saturated rings. The molecule has 0 spiro atoms. The molecule has 0 atom stereocenters. The van der Waals surface area contributed by atoms with E-state index in [1.54, 1.807) is 24.3 Å². The third kappa shape index (κ3) is 3.71. The number of para-hydroxylation sites is 1. The summed E-state index contributed by atoms with van der Waals surface area (Å²) in [6.07, 6.45) is 0.835. The van der Waals surface area contributed by atoms with E-state index in [2.05, 4.69) is 17.1 Å². The van der Waals surface area contributed by atoms with Gasteiger partial charge in [-0.2, -0.15) is 0 Å². The van der Waals surface area contributed by atoms with Crippen molar-refractivity contribution in [3.63, 3.8) is 0 Å². The number of benzene rings is 2. The van der Waals surface area contributed by atoms with Crippen molar-refractivity contribution in [3.05, 3.63) is 70.9 Å². The standard InChI is InChI=1S/C23H23N3O3/c1-3-26-13-12-20-18(14-26)21(17-6-4-5-7-19(17)25-20)22(27)24-16-10-8-15(9-11-16)23(28)29-2/h4-11H,3,12-14H2,1-2H3,(H,24,27). The number of nitrogens with zero attached hydrogens (tertiary/aromatic N) is 2. The van der Waals surface area contributed by atoms with E-state index in [1.807, 2.05) is 24.3 Å². The number of likely N-dealkylation sites (N-methyl/N-ethyl adjacent to an activating group) is 1. The van der Waals surface area contributed by atoms with Crippen molar-refractivity contribution < 1.29 is 14.3 Å². The molecule has 1 aliphatic heterocycles. The molecule has 6 nitrogen and oxygen atoms in total. The molecule has 148 valence electrons. The van der Waals surface area contributed by atoms with Gasteiger partial charge in [-0.1, -0.05) is 25.1 Å². The van der Waals surface area contributed by atoms with E-state index in [1.165, 1.54) is 7.11 Å². The topological polar surface area (TPSA) is 71.5 Å². The molecule has 29 heavy (non-hydrogen) atoms. The SMILES string of the molecule is CCN1CCc2nc3ccccc3c(C(=O)Nc3ccc(C(=O)OC)cc3)c2C1. The highest BCUT2D eigenvalue weighted by atomic mass is 16.5. The molecule has 1 aliphatic rings. The summed E-state index contributed by atoms with van der Waals surface area (Å²) in [6, 6.07) is 14.5. The number of pyridine rings is 1. The second-order valence-corrected chi connectivity index (χ2v) is 7.07. The van der Waals surface area contributed by atoms with E-state index < -0.39 is 5.97 Å². The lowest BCUT2D eigenvalue weighted by Crippen LogP contribution is -2.33. The van der Waals surface area contributed by atoms with E-state index in [-0.39, 0.29) is 5.91 Å². The third-order valence-corrected chi connectivity index (χ3v) is 5.36. The van der Waals surface area contributed by atoms with Crippen LogP contribution in [0.4, 0.5) is 5.69 Å². The van der Waals surface area contributed by atoms with Crippen LogP contribution in [-0.4, -0.2) is 42.0 Å². The number of hydrogen-bond donors (Lipinski definition) is 1. The van der Waals surface area contributed by atoms with Crippen molar-refractivity contribution in [1.29, 1.82) is 0 Å². The lowest BCUT2D eigenvalue weighted by atomic mass is 9.95. The van der Waals surface area contributed by atoms with Crippen molar-refractivity contribution in [3.8, 4) is 0 Å². The zero-order valence-electron chi connectivity index (χ0n) is 16.6. The summed E-state index contributed by atoms with van der Waals surface area (Å²) >= 11 is 0. The van der Waals surface area contributed by atoms with Crippen LogP contribution in [0.2, 0.25) is 0 Å². The molecule has 0 radical (unpaired) electrons. The average Bonchev–Trinajstić information content (AvgIpc) is 2.76. The minimum absolute atomic E-state index is 0.163. The Morgan fingerprint density at radius 2 is 1.90 bits per heavy atom. The molecular weight excluding hydrogens is 366 g/mol. The molecule has 2 heterocycles. The Morgan fingerprint density at radius 1 is 1.14 bits per heavy atom. The first kappa shape index (κ1) is 19.1. The largest absolute Gasteiger partial charge is 0.465 e. The van der Waals surface area contributed by atoms with Gasteiger partial charge in [0.1, 0.15) is 0 Å². The van der Waals surface area contributed by atoms with E-state index in [9.17, 15) is 9.59 Å². The second-order valence-electron chi connectivity index (χ2n) is 7.07. The fourth-order valence-electron chi connectivity index (χ4n) is 3.78. The normalized spacial score (nSPS) is 13.7. The maximum atomic E-state index is 13.3. The number of hydrogen-bond acceptors (Lipinski definition) is 5. The maximum Gasteiger partial charge on any atom is 0.337 e. The van der Waals surface area contributed by atoms with Crippen molar-refractivity contribution >= 4 is 28.5 Å². The van der Waals surface area contributed by atoms with E-state index in [0.717, 1.165) is 41.7 Å². The molecule has 1 aromatic heterocycles. The van der Waals surface area contributed by atoms with Crippen LogP contribution >= 0.6 is 0 Å².